The van der Waals surface area contributed by atoms with Crippen molar-refractivity contribution in [3.05, 3.63) is 47.7 Å². The van der Waals surface area contributed by atoms with E-state index >= 15 is 0 Å². The van der Waals surface area contributed by atoms with E-state index in [1.165, 1.54) is 22.6 Å². The molecule has 0 aliphatic carbocycles. The molecule has 6 nitrogen and oxygen atoms in total. The second-order valence-electron chi connectivity index (χ2n) is 6.16. The maximum absolute atomic E-state index is 13.6. The summed E-state index contributed by atoms with van der Waals surface area (Å²) in [5, 5.41) is 3.45. The number of piperazine rings is 1. The van der Waals surface area contributed by atoms with E-state index in [9.17, 15) is 12.8 Å². The maximum Gasteiger partial charge on any atom is 0.260 e. The van der Waals surface area contributed by atoms with Crippen LogP contribution in [-0.2, 0) is 23.0 Å². The van der Waals surface area contributed by atoms with Gasteiger partial charge in [-0.3, -0.25) is 0 Å². The lowest BCUT2D eigenvalue weighted by molar-refractivity contribution is 0.269. The molecule has 0 spiro atoms. The molecular weight excluding hydrogens is 367 g/mol. The first-order valence-electron chi connectivity index (χ1n) is 8.10. The molecule has 0 amide bonds. The number of fused-ring (bicyclic) bond motifs is 1. The first kappa shape index (κ1) is 18.3. The topological polar surface area (TPSA) is 67.2 Å². The largest absolute Gasteiger partial charge is 0.318 e. The van der Waals surface area contributed by atoms with E-state index in [0.717, 1.165) is 18.7 Å². The van der Waals surface area contributed by atoms with Crippen LogP contribution in [0, 0.1) is 5.82 Å². The first-order valence-corrected chi connectivity index (χ1v) is 9.54. The zero-order valence-electron chi connectivity index (χ0n) is 13.6. The summed E-state index contributed by atoms with van der Waals surface area (Å²) in [6, 6.07) is 5.72. The fourth-order valence-electron chi connectivity index (χ4n) is 3.53. The fourth-order valence-corrected chi connectivity index (χ4v) is 5.29. The summed E-state index contributed by atoms with van der Waals surface area (Å²) in [6.07, 6.45) is 3.18. The molecule has 1 aromatic carbocycles. The molecule has 1 unspecified atom stereocenters. The number of halogens is 2. The van der Waals surface area contributed by atoms with Crippen molar-refractivity contribution in [1.82, 2.24) is 19.2 Å². The molecule has 0 saturated carbocycles. The van der Waals surface area contributed by atoms with Crippen LogP contribution in [0.25, 0.3) is 0 Å². The van der Waals surface area contributed by atoms with E-state index in [1.54, 1.807) is 16.7 Å². The monoisotopic (exact) mass is 386 g/mol. The Morgan fingerprint density at radius 3 is 2.92 bits per heavy atom. The Morgan fingerprint density at radius 2 is 2.12 bits per heavy atom. The Bertz CT molecular complexity index is 871. The third-order valence-corrected chi connectivity index (χ3v) is 6.59. The van der Waals surface area contributed by atoms with E-state index in [0.29, 0.717) is 31.7 Å². The van der Waals surface area contributed by atoms with Gasteiger partial charge in [0, 0.05) is 32.6 Å². The molecule has 136 valence electrons. The standard InChI is InChI=1S/C16H19FN4O2S.ClH/c17-13-4-1-3-12(9-13)14-10-18-6-8-21(14)24(22,23)16-11-19-15-5-2-7-20(15)16;/h1,3-4,9,11,14,18H,2,5-8,10H2;1H. The summed E-state index contributed by atoms with van der Waals surface area (Å²) in [5.74, 6) is 0.465. The van der Waals surface area contributed by atoms with E-state index in [-0.39, 0.29) is 23.3 Å². The van der Waals surface area contributed by atoms with Crippen LogP contribution in [-0.4, -0.2) is 41.9 Å². The number of aryl methyl sites for hydroxylation is 1. The molecule has 1 N–H and O–H groups in total. The van der Waals surface area contributed by atoms with Crippen LogP contribution in [0.15, 0.2) is 35.5 Å². The van der Waals surface area contributed by atoms with Crippen LogP contribution in [0.1, 0.15) is 23.9 Å². The minimum Gasteiger partial charge on any atom is -0.318 e. The van der Waals surface area contributed by atoms with Crippen molar-refractivity contribution in [2.24, 2.45) is 0 Å². The highest BCUT2D eigenvalue weighted by Gasteiger charge is 2.37. The van der Waals surface area contributed by atoms with Crippen LogP contribution in [0.3, 0.4) is 0 Å². The number of sulfonamides is 1. The van der Waals surface area contributed by atoms with Gasteiger partial charge in [-0.2, -0.15) is 4.31 Å². The smallest absolute Gasteiger partial charge is 0.260 e. The Balaban J connectivity index is 0.00000182. The molecule has 1 atom stereocenters. The molecule has 4 rings (SSSR count). The predicted octanol–water partition coefficient (Wildman–Crippen LogP) is 1.73. The SMILES string of the molecule is Cl.O=S(=O)(c1cnc2n1CCC2)N1CCNCC1c1cccc(F)c1. The average Bonchev–Trinajstić information content (AvgIpc) is 3.18. The van der Waals surface area contributed by atoms with Crippen molar-refractivity contribution in [1.29, 1.82) is 0 Å². The summed E-state index contributed by atoms with van der Waals surface area (Å²) in [4.78, 5) is 4.25. The van der Waals surface area contributed by atoms with Gasteiger partial charge in [-0.15, -0.1) is 12.4 Å². The van der Waals surface area contributed by atoms with Crippen LogP contribution < -0.4 is 5.32 Å². The van der Waals surface area contributed by atoms with Gasteiger partial charge in [0.15, 0.2) is 5.03 Å². The lowest BCUT2D eigenvalue weighted by Gasteiger charge is -2.35. The van der Waals surface area contributed by atoms with Crippen molar-refractivity contribution in [3.63, 3.8) is 0 Å². The van der Waals surface area contributed by atoms with Crippen molar-refractivity contribution in [2.75, 3.05) is 19.6 Å². The van der Waals surface area contributed by atoms with E-state index in [4.69, 9.17) is 0 Å². The molecule has 3 heterocycles. The number of imidazole rings is 1. The van der Waals surface area contributed by atoms with Crippen LogP contribution in [0.4, 0.5) is 4.39 Å². The van der Waals surface area contributed by atoms with Crippen molar-refractivity contribution < 1.29 is 12.8 Å². The molecular formula is C16H20ClFN4O2S. The molecule has 25 heavy (non-hydrogen) atoms. The van der Waals surface area contributed by atoms with E-state index in [2.05, 4.69) is 10.3 Å². The van der Waals surface area contributed by atoms with Gasteiger partial charge in [-0.05, 0) is 24.1 Å². The van der Waals surface area contributed by atoms with Crippen LogP contribution in [0.5, 0.6) is 0 Å². The van der Waals surface area contributed by atoms with Gasteiger partial charge in [0.2, 0.25) is 0 Å². The van der Waals surface area contributed by atoms with Gasteiger partial charge in [0.1, 0.15) is 11.6 Å². The third kappa shape index (κ3) is 3.19. The molecule has 9 heteroatoms. The van der Waals surface area contributed by atoms with Gasteiger partial charge in [0.25, 0.3) is 10.0 Å². The number of nitrogens with zero attached hydrogens (tertiary/aromatic N) is 3. The molecule has 2 aromatic rings. The van der Waals surface area contributed by atoms with Gasteiger partial charge in [-0.25, -0.2) is 17.8 Å². The number of aromatic nitrogens is 2. The second kappa shape index (κ2) is 7.03. The summed E-state index contributed by atoms with van der Waals surface area (Å²) in [6.45, 7) is 2.07. The molecule has 2 aliphatic heterocycles. The number of benzene rings is 1. The van der Waals surface area contributed by atoms with E-state index < -0.39 is 16.1 Å². The zero-order chi connectivity index (χ0) is 16.7. The van der Waals surface area contributed by atoms with Crippen LogP contribution >= 0.6 is 12.4 Å². The lowest BCUT2D eigenvalue weighted by Crippen LogP contribution is -2.48. The van der Waals surface area contributed by atoms with Crippen molar-refractivity contribution in [3.8, 4) is 0 Å². The van der Waals surface area contributed by atoms with Gasteiger partial charge in [-0.1, -0.05) is 12.1 Å². The minimum atomic E-state index is -3.68. The number of hydrogen-bond acceptors (Lipinski definition) is 4. The molecule has 1 fully saturated rings. The van der Waals surface area contributed by atoms with Crippen molar-refractivity contribution in [2.45, 2.75) is 30.5 Å². The van der Waals surface area contributed by atoms with Gasteiger partial charge >= 0.3 is 0 Å². The van der Waals surface area contributed by atoms with Crippen LogP contribution in [0.2, 0.25) is 0 Å². The quantitative estimate of drug-likeness (QED) is 0.872. The minimum absolute atomic E-state index is 0. The Labute approximate surface area is 152 Å². The molecule has 1 saturated heterocycles. The number of rotatable bonds is 3. The summed E-state index contributed by atoms with van der Waals surface area (Å²) in [5.41, 5.74) is 0.659. The Kier molecular flexibility index (Phi) is 5.15. The van der Waals surface area contributed by atoms with Gasteiger partial charge in [0.05, 0.1) is 12.2 Å². The molecule has 1 aromatic heterocycles. The summed E-state index contributed by atoms with van der Waals surface area (Å²) < 4.78 is 43.3. The third-order valence-electron chi connectivity index (χ3n) is 4.68. The highest BCUT2D eigenvalue weighted by molar-refractivity contribution is 7.89. The zero-order valence-corrected chi connectivity index (χ0v) is 15.2. The second-order valence-corrected chi connectivity index (χ2v) is 8.00. The number of nitrogens with one attached hydrogen (secondary N) is 1. The molecule has 2 aliphatic rings. The Hall–Kier alpha value is -1.48. The van der Waals surface area contributed by atoms with Crippen molar-refractivity contribution >= 4 is 22.4 Å². The number of hydrogen-bond donors (Lipinski definition) is 1. The van der Waals surface area contributed by atoms with Gasteiger partial charge < -0.3 is 9.88 Å². The molecule has 0 bridgehead atoms. The van der Waals surface area contributed by atoms with E-state index in [1.807, 2.05) is 0 Å². The summed E-state index contributed by atoms with van der Waals surface area (Å²) in [7, 11) is -3.68. The molecule has 0 radical (unpaired) electrons. The lowest BCUT2D eigenvalue weighted by atomic mass is 10.1. The summed E-state index contributed by atoms with van der Waals surface area (Å²) >= 11 is 0. The predicted molar refractivity (Wildman–Crippen MR) is 93.7 cm³/mol. The maximum atomic E-state index is 13.6. The average molecular weight is 387 g/mol. The normalized spacial score (nSPS) is 20.9. The first-order chi connectivity index (χ1) is 11.6. The Morgan fingerprint density at radius 1 is 1.28 bits per heavy atom. The highest BCUT2D eigenvalue weighted by Crippen LogP contribution is 2.31. The highest BCUT2D eigenvalue weighted by atomic mass is 35.5. The fraction of sp³-hybridized carbons (Fsp3) is 0.438.